The smallest absolute Gasteiger partial charge is 0.127 e. The predicted molar refractivity (Wildman–Crippen MR) is 121 cm³/mol. The van der Waals surface area contributed by atoms with Gasteiger partial charge >= 0.3 is 0 Å². The van der Waals surface area contributed by atoms with E-state index in [2.05, 4.69) is 60.8 Å². The van der Waals surface area contributed by atoms with Gasteiger partial charge in [0.1, 0.15) is 11.4 Å². The molecule has 3 aromatic rings. The molecule has 2 aliphatic rings. The first-order valence-corrected chi connectivity index (χ1v) is 11.2. The van der Waals surface area contributed by atoms with E-state index in [0.29, 0.717) is 0 Å². The Morgan fingerprint density at radius 2 is 1.83 bits per heavy atom. The molecule has 3 aromatic carbocycles. The van der Waals surface area contributed by atoms with Crippen LogP contribution in [0, 0.1) is 6.92 Å². The summed E-state index contributed by atoms with van der Waals surface area (Å²) < 4.78 is 6.70. The van der Waals surface area contributed by atoms with Crippen LogP contribution >= 0.6 is 11.6 Å². The van der Waals surface area contributed by atoms with Crippen molar-refractivity contribution in [3.8, 4) is 5.75 Å². The van der Waals surface area contributed by atoms with Gasteiger partial charge in [-0.25, -0.2) is 0 Å². The van der Waals surface area contributed by atoms with Gasteiger partial charge in [0.2, 0.25) is 0 Å². The van der Waals surface area contributed by atoms with E-state index in [1.54, 1.807) is 0 Å². The second-order valence-electron chi connectivity index (χ2n) is 8.76. The Balaban J connectivity index is 1.48. The Kier molecular flexibility index (Phi) is 5.01. The van der Waals surface area contributed by atoms with Crippen molar-refractivity contribution < 1.29 is 4.74 Å². The van der Waals surface area contributed by atoms with E-state index < -0.39 is 0 Å². The van der Waals surface area contributed by atoms with E-state index in [1.165, 1.54) is 41.2 Å². The monoisotopic (exact) mass is 405 g/mol. The maximum atomic E-state index is 6.70. The largest absolute Gasteiger partial charge is 0.487 e. The van der Waals surface area contributed by atoms with Gasteiger partial charge < -0.3 is 10.1 Å². The second kappa shape index (κ2) is 7.66. The SMILES string of the molecule is Cc1cc(Cl)cc2c1OC1(CCCCC1)CC2NCc1cccc2ccccc12. The zero-order valence-electron chi connectivity index (χ0n) is 17.0. The molecule has 1 heterocycles. The fraction of sp³-hybridized carbons (Fsp3) is 0.385. The maximum Gasteiger partial charge on any atom is 0.127 e. The van der Waals surface area contributed by atoms with Crippen molar-refractivity contribution in [2.75, 3.05) is 0 Å². The molecule has 0 saturated heterocycles. The van der Waals surface area contributed by atoms with Crippen molar-refractivity contribution in [1.82, 2.24) is 5.32 Å². The molecule has 1 atom stereocenters. The van der Waals surface area contributed by atoms with Crippen LogP contribution in [0.15, 0.2) is 54.6 Å². The molecule has 1 unspecified atom stereocenters. The second-order valence-corrected chi connectivity index (χ2v) is 9.20. The highest BCUT2D eigenvalue weighted by molar-refractivity contribution is 6.30. The highest BCUT2D eigenvalue weighted by atomic mass is 35.5. The Morgan fingerprint density at radius 3 is 2.69 bits per heavy atom. The number of nitrogens with one attached hydrogen (secondary N) is 1. The molecule has 1 fully saturated rings. The number of hydrogen-bond acceptors (Lipinski definition) is 2. The van der Waals surface area contributed by atoms with Crippen LogP contribution in [0.1, 0.15) is 61.3 Å². The first-order valence-electron chi connectivity index (χ1n) is 10.8. The summed E-state index contributed by atoms with van der Waals surface area (Å²) in [6.07, 6.45) is 7.17. The van der Waals surface area contributed by atoms with Crippen molar-refractivity contribution in [3.63, 3.8) is 0 Å². The van der Waals surface area contributed by atoms with Gasteiger partial charge in [-0.05, 0) is 66.6 Å². The fourth-order valence-corrected chi connectivity index (χ4v) is 5.54. The standard InChI is InChI=1S/C26H28ClNO/c1-18-14-21(27)15-23-24(16-26(29-25(18)23)12-5-2-6-13-26)28-17-20-10-7-9-19-8-3-4-11-22(19)20/h3-4,7-11,14-15,24,28H,2,5-6,12-13,16-17H2,1H3. The van der Waals surface area contributed by atoms with Crippen LogP contribution in [-0.4, -0.2) is 5.60 Å². The van der Waals surface area contributed by atoms with Gasteiger partial charge in [-0.2, -0.15) is 0 Å². The van der Waals surface area contributed by atoms with Gasteiger partial charge in [0.05, 0.1) is 0 Å². The Labute approximate surface area is 178 Å². The number of fused-ring (bicyclic) bond motifs is 2. The van der Waals surface area contributed by atoms with E-state index in [-0.39, 0.29) is 11.6 Å². The summed E-state index contributed by atoms with van der Waals surface area (Å²) >= 11 is 6.44. The Bertz CT molecular complexity index is 1030. The van der Waals surface area contributed by atoms with Crippen molar-refractivity contribution in [3.05, 3.63) is 76.3 Å². The molecule has 29 heavy (non-hydrogen) atoms. The molecule has 150 valence electrons. The van der Waals surface area contributed by atoms with Crippen LogP contribution in [-0.2, 0) is 6.54 Å². The summed E-state index contributed by atoms with van der Waals surface area (Å²) in [5.74, 6) is 1.05. The van der Waals surface area contributed by atoms with E-state index in [9.17, 15) is 0 Å². The quantitative estimate of drug-likeness (QED) is 0.500. The molecule has 1 N–H and O–H groups in total. The van der Waals surface area contributed by atoms with Crippen LogP contribution in [0.5, 0.6) is 5.75 Å². The zero-order valence-corrected chi connectivity index (χ0v) is 17.8. The van der Waals surface area contributed by atoms with Crippen molar-refractivity contribution in [2.45, 2.75) is 63.6 Å². The van der Waals surface area contributed by atoms with Crippen LogP contribution in [0.3, 0.4) is 0 Å². The molecular formula is C26H28ClNO. The predicted octanol–water partition coefficient (Wildman–Crippen LogP) is 7.12. The molecule has 2 nitrogen and oxygen atoms in total. The molecule has 1 aliphatic carbocycles. The Morgan fingerprint density at radius 1 is 1.03 bits per heavy atom. The first-order chi connectivity index (χ1) is 14.1. The molecular weight excluding hydrogens is 378 g/mol. The van der Waals surface area contributed by atoms with Gasteiger partial charge in [0, 0.05) is 29.6 Å². The molecule has 0 radical (unpaired) electrons. The summed E-state index contributed by atoms with van der Waals surface area (Å²) in [5.41, 5.74) is 3.67. The van der Waals surface area contributed by atoms with Crippen molar-refractivity contribution in [1.29, 1.82) is 0 Å². The molecule has 0 aromatic heterocycles. The third-order valence-corrected chi connectivity index (χ3v) is 6.94. The molecule has 5 rings (SSSR count). The molecule has 1 aliphatic heterocycles. The number of rotatable bonds is 3. The van der Waals surface area contributed by atoms with Crippen LogP contribution in [0.2, 0.25) is 5.02 Å². The van der Waals surface area contributed by atoms with E-state index in [4.69, 9.17) is 16.3 Å². The topological polar surface area (TPSA) is 21.3 Å². The lowest BCUT2D eigenvalue weighted by Crippen LogP contribution is -2.45. The zero-order chi connectivity index (χ0) is 19.8. The van der Waals surface area contributed by atoms with Crippen LogP contribution < -0.4 is 10.1 Å². The molecule has 0 bridgehead atoms. The summed E-state index contributed by atoms with van der Waals surface area (Å²) in [7, 11) is 0. The highest BCUT2D eigenvalue weighted by Crippen LogP contribution is 2.48. The van der Waals surface area contributed by atoms with Gasteiger partial charge in [0.15, 0.2) is 0 Å². The minimum atomic E-state index is -0.0275. The third kappa shape index (κ3) is 3.65. The van der Waals surface area contributed by atoms with Crippen LogP contribution in [0.4, 0.5) is 0 Å². The normalized spacial score (nSPS) is 20.4. The lowest BCUT2D eigenvalue weighted by Gasteiger charge is -2.45. The van der Waals surface area contributed by atoms with Gasteiger partial charge in [-0.15, -0.1) is 0 Å². The first kappa shape index (κ1) is 19.0. The third-order valence-electron chi connectivity index (χ3n) is 6.72. The molecule has 3 heteroatoms. The van der Waals surface area contributed by atoms with E-state index >= 15 is 0 Å². The number of halogens is 1. The fourth-order valence-electron chi connectivity index (χ4n) is 5.26. The molecule has 0 amide bonds. The van der Waals surface area contributed by atoms with E-state index in [0.717, 1.165) is 42.1 Å². The summed E-state index contributed by atoms with van der Waals surface area (Å²) in [6.45, 7) is 2.96. The lowest BCUT2D eigenvalue weighted by atomic mass is 9.76. The number of ether oxygens (including phenoxy) is 1. The summed E-state index contributed by atoms with van der Waals surface area (Å²) in [5, 5.41) is 7.28. The highest BCUT2D eigenvalue weighted by Gasteiger charge is 2.42. The maximum absolute atomic E-state index is 6.70. The minimum absolute atomic E-state index is 0.0275. The van der Waals surface area contributed by atoms with Crippen molar-refractivity contribution >= 4 is 22.4 Å². The van der Waals surface area contributed by atoms with Gasteiger partial charge in [-0.1, -0.05) is 60.5 Å². The van der Waals surface area contributed by atoms with Gasteiger partial charge in [-0.3, -0.25) is 0 Å². The van der Waals surface area contributed by atoms with Gasteiger partial charge in [0.25, 0.3) is 0 Å². The number of benzene rings is 3. The Hall–Kier alpha value is -2.03. The minimum Gasteiger partial charge on any atom is -0.487 e. The molecule has 1 saturated carbocycles. The molecule has 1 spiro atoms. The summed E-state index contributed by atoms with van der Waals surface area (Å²) in [4.78, 5) is 0. The lowest BCUT2D eigenvalue weighted by molar-refractivity contribution is -0.00353. The number of hydrogen-bond donors (Lipinski definition) is 1. The van der Waals surface area contributed by atoms with Crippen molar-refractivity contribution in [2.24, 2.45) is 0 Å². The average molecular weight is 406 g/mol. The van der Waals surface area contributed by atoms with E-state index in [1.807, 2.05) is 6.07 Å². The summed E-state index contributed by atoms with van der Waals surface area (Å²) in [6, 6.07) is 19.6. The average Bonchev–Trinajstić information content (AvgIpc) is 2.73. The van der Waals surface area contributed by atoms with Crippen LogP contribution in [0.25, 0.3) is 10.8 Å². The number of aryl methyl sites for hydroxylation is 1.